The normalized spacial score (nSPS) is 13.9. The quantitative estimate of drug-likeness (QED) is 0.429. The highest BCUT2D eigenvalue weighted by molar-refractivity contribution is 5.96. The summed E-state index contributed by atoms with van der Waals surface area (Å²) >= 11 is 0. The second kappa shape index (κ2) is 12.4. The highest BCUT2D eigenvalue weighted by Crippen LogP contribution is 2.14. The van der Waals surface area contributed by atoms with E-state index in [1.54, 1.807) is 29.2 Å². The van der Waals surface area contributed by atoms with Crippen LogP contribution in [0.5, 0.6) is 0 Å². The molecule has 0 saturated carbocycles. The molecule has 0 radical (unpaired) electrons. The van der Waals surface area contributed by atoms with E-state index in [4.69, 9.17) is 9.15 Å². The van der Waals surface area contributed by atoms with Gasteiger partial charge >= 0.3 is 0 Å². The van der Waals surface area contributed by atoms with Crippen LogP contribution in [0.4, 0.5) is 8.78 Å². The summed E-state index contributed by atoms with van der Waals surface area (Å²) in [6, 6.07) is 14.7. The van der Waals surface area contributed by atoms with E-state index in [0.717, 1.165) is 18.7 Å². The number of carbonyl (C=O) groups excluding carboxylic acids is 2. The zero-order chi connectivity index (χ0) is 25.3. The molecular weight excluding hydrogens is 468 g/mol. The van der Waals surface area contributed by atoms with Gasteiger partial charge in [0.15, 0.2) is 0 Å². The van der Waals surface area contributed by atoms with Crippen LogP contribution in [0.25, 0.3) is 0 Å². The molecule has 1 aliphatic heterocycles. The number of furan rings is 1. The smallest absolute Gasteiger partial charge is 0.254 e. The van der Waals surface area contributed by atoms with Crippen LogP contribution in [0.2, 0.25) is 0 Å². The molecule has 0 atom stereocenters. The van der Waals surface area contributed by atoms with Gasteiger partial charge in [0.1, 0.15) is 23.9 Å². The zero-order valence-corrected chi connectivity index (χ0v) is 19.9. The predicted octanol–water partition coefficient (Wildman–Crippen LogP) is 3.56. The number of nitrogens with zero attached hydrogens (tertiary/aromatic N) is 3. The fourth-order valence-corrected chi connectivity index (χ4v) is 4.01. The first-order valence-corrected chi connectivity index (χ1v) is 11.9. The van der Waals surface area contributed by atoms with Gasteiger partial charge in [-0.3, -0.25) is 14.5 Å². The third kappa shape index (κ3) is 7.22. The number of hydrogen-bond donors (Lipinski definition) is 0. The zero-order valence-electron chi connectivity index (χ0n) is 19.9. The Morgan fingerprint density at radius 3 is 2.17 bits per heavy atom. The van der Waals surface area contributed by atoms with E-state index in [2.05, 4.69) is 4.90 Å². The molecule has 2 heterocycles. The minimum Gasteiger partial charge on any atom is -0.467 e. The second-order valence-corrected chi connectivity index (χ2v) is 8.64. The van der Waals surface area contributed by atoms with E-state index >= 15 is 0 Å². The second-order valence-electron chi connectivity index (χ2n) is 8.64. The van der Waals surface area contributed by atoms with Crippen molar-refractivity contribution in [1.82, 2.24) is 14.7 Å². The van der Waals surface area contributed by atoms with E-state index in [9.17, 15) is 18.4 Å². The van der Waals surface area contributed by atoms with Crippen molar-refractivity contribution in [2.24, 2.45) is 0 Å². The Hall–Kier alpha value is -3.56. The number of hydrogen-bond acceptors (Lipinski definition) is 5. The third-order valence-corrected chi connectivity index (χ3v) is 6.06. The molecule has 1 saturated heterocycles. The summed E-state index contributed by atoms with van der Waals surface area (Å²) in [6.07, 6.45) is 1.53. The van der Waals surface area contributed by atoms with Gasteiger partial charge in [-0.05, 0) is 54.1 Å². The number of ether oxygens (including phenoxy) is 1. The Balaban J connectivity index is 1.51. The topological polar surface area (TPSA) is 66.2 Å². The minimum absolute atomic E-state index is 0.164. The van der Waals surface area contributed by atoms with E-state index < -0.39 is 5.82 Å². The molecule has 3 aromatic rings. The molecule has 0 spiro atoms. The van der Waals surface area contributed by atoms with Crippen LogP contribution in [-0.4, -0.2) is 72.5 Å². The first-order valence-electron chi connectivity index (χ1n) is 11.9. The van der Waals surface area contributed by atoms with Crippen LogP contribution in [0, 0.1) is 11.6 Å². The maximum atomic E-state index is 13.5. The monoisotopic (exact) mass is 497 g/mol. The van der Waals surface area contributed by atoms with Gasteiger partial charge in [0.2, 0.25) is 5.91 Å². The molecule has 1 aliphatic rings. The van der Waals surface area contributed by atoms with Gasteiger partial charge in [0.25, 0.3) is 5.91 Å². The Morgan fingerprint density at radius 2 is 1.53 bits per heavy atom. The van der Waals surface area contributed by atoms with E-state index in [0.29, 0.717) is 37.6 Å². The Morgan fingerprint density at radius 1 is 0.861 bits per heavy atom. The van der Waals surface area contributed by atoms with Crippen LogP contribution in [0.1, 0.15) is 21.7 Å². The summed E-state index contributed by atoms with van der Waals surface area (Å²) in [4.78, 5) is 32.1. The van der Waals surface area contributed by atoms with Gasteiger partial charge in [-0.15, -0.1) is 0 Å². The van der Waals surface area contributed by atoms with Crippen molar-refractivity contribution < 1.29 is 27.5 Å². The Bertz CT molecular complexity index is 1110. The number of carbonyl (C=O) groups is 2. The lowest BCUT2D eigenvalue weighted by atomic mass is 10.1. The molecule has 0 unspecified atom stereocenters. The molecule has 7 nitrogen and oxygen atoms in total. The lowest BCUT2D eigenvalue weighted by Crippen LogP contribution is -2.47. The lowest BCUT2D eigenvalue weighted by Gasteiger charge is -2.31. The van der Waals surface area contributed by atoms with Gasteiger partial charge in [0.05, 0.1) is 26.0 Å². The molecular formula is C27H29F2N3O4. The van der Waals surface area contributed by atoms with Crippen molar-refractivity contribution in [2.75, 3.05) is 45.9 Å². The number of benzene rings is 2. The largest absolute Gasteiger partial charge is 0.467 e. The fraction of sp³-hybridized carbons (Fsp3) is 0.333. The number of morpholine rings is 1. The van der Waals surface area contributed by atoms with Crippen molar-refractivity contribution in [3.63, 3.8) is 0 Å². The molecule has 1 fully saturated rings. The van der Waals surface area contributed by atoms with Crippen molar-refractivity contribution in [1.29, 1.82) is 0 Å². The maximum absolute atomic E-state index is 13.5. The SMILES string of the molecule is O=C(CN(CCN1CCOCC1)C(=O)c1ccc(F)cc1)N(Cc1ccc(F)cc1)Cc1ccco1. The summed E-state index contributed by atoms with van der Waals surface area (Å²) in [5.41, 5.74) is 1.06. The van der Waals surface area contributed by atoms with Crippen LogP contribution in [0.15, 0.2) is 71.3 Å². The van der Waals surface area contributed by atoms with Gasteiger partial charge < -0.3 is 19.0 Å². The van der Waals surface area contributed by atoms with Crippen LogP contribution >= 0.6 is 0 Å². The van der Waals surface area contributed by atoms with Gasteiger partial charge in [0, 0.05) is 38.3 Å². The molecule has 4 rings (SSSR count). The summed E-state index contributed by atoms with van der Waals surface area (Å²) in [5, 5.41) is 0. The van der Waals surface area contributed by atoms with Crippen LogP contribution < -0.4 is 0 Å². The van der Waals surface area contributed by atoms with Crippen molar-refractivity contribution in [3.05, 3.63) is 95.4 Å². The highest BCUT2D eigenvalue weighted by Gasteiger charge is 2.24. The Kier molecular flexibility index (Phi) is 8.80. The van der Waals surface area contributed by atoms with Crippen molar-refractivity contribution in [3.8, 4) is 0 Å². The van der Waals surface area contributed by atoms with Gasteiger partial charge in [-0.1, -0.05) is 12.1 Å². The molecule has 0 aliphatic carbocycles. The molecule has 36 heavy (non-hydrogen) atoms. The first kappa shape index (κ1) is 25.5. The molecule has 2 aromatic carbocycles. The van der Waals surface area contributed by atoms with E-state index in [-0.39, 0.29) is 37.3 Å². The lowest BCUT2D eigenvalue weighted by molar-refractivity contribution is -0.133. The summed E-state index contributed by atoms with van der Waals surface area (Å²) in [7, 11) is 0. The maximum Gasteiger partial charge on any atom is 0.254 e. The highest BCUT2D eigenvalue weighted by atomic mass is 19.1. The summed E-state index contributed by atoms with van der Waals surface area (Å²) in [6.45, 7) is 3.92. The number of rotatable bonds is 10. The molecule has 190 valence electrons. The summed E-state index contributed by atoms with van der Waals surface area (Å²) < 4.78 is 37.7. The minimum atomic E-state index is -0.439. The third-order valence-electron chi connectivity index (χ3n) is 6.06. The fourth-order valence-electron chi connectivity index (χ4n) is 4.01. The average Bonchev–Trinajstić information content (AvgIpc) is 3.41. The van der Waals surface area contributed by atoms with Crippen molar-refractivity contribution in [2.45, 2.75) is 13.1 Å². The number of halogens is 2. The van der Waals surface area contributed by atoms with Crippen LogP contribution in [0.3, 0.4) is 0 Å². The standard InChI is InChI=1S/C27H29F2N3O4/c28-23-7-3-21(4-8-23)18-32(19-25-2-1-15-36-25)26(33)20-31(12-11-30-13-16-35-17-14-30)27(34)22-5-9-24(29)10-6-22/h1-10,15H,11-14,16-20H2. The molecule has 0 bridgehead atoms. The Labute approximate surface area is 208 Å². The van der Waals surface area contributed by atoms with Gasteiger partial charge in [-0.2, -0.15) is 0 Å². The molecule has 1 aromatic heterocycles. The number of amides is 2. The predicted molar refractivity (Wildman–Crippen MR) is 129 cm³/mol. The van der Waals surface area contributed by atoms with E-state index in [1.807, 2.05) is 0 Å². The summed E-state index contributed by atoms with van der Waals surface area (Å²) in [5.74, 6) is -0.840. The molecule has 9 heteroatoms. The molecule has 2 amide bonds. The average molecular weight is 498 g/mol. The van der Waals surface area contributed by atoms with Crippen LogP contribution in [-0.2, 0) is 22.6 Å². The van der Waals surface area contributed by atoms with Crippen molar-refractivity contribution >= 4 is 11.8 Å². The first-order chi connectivity index (χ1) is 17.5. The van der Waals surface area contributed by atoms with E-state index in [1.165, 1.54) is 47.6 Å². The van der Waals surface area contributed by atoms with Gasteiger partial charge in [-0.25, -0.2) is 8.78 Å². The molecule has 0 N–H and O–H groups in total.